The fourth-order valence-corrected chi connectivity index (χ4v) is 2.94. The van der Waals surface area contributed by atoms with Gasteiger partial charge in [-0.25, -0.2) is 9.97 Å². The Hall–Kier alpha value is -1.74. The Kier molecular flexibility index (Phi) is 2.86. The molecule has 0 N–H and O–H groups in total. The number of hydrogen-bond donors (Lipinski definition) is 0. The molecule has 0 saturated heterocycles. The van der Waals surface area contributed by atoms with Crippen molar-refractivity contribution in [3.63, 3.8) is 0 Å². The molecule has 0 spiro atoms. The number of hydrogen-bond acceptors (Lipinski definition) is 3. The van der Waals surface area contributed by atoms with Crippen LogP contribution in [0.4, 0.5) is 0 Å². The number of thiazole rings is 1. The molecule has 96 valence electrons. The summed E-state index contributed by atoms with van der Waals surface area (Å²) >= 11 is 1.69. The number of rotatable bonds is 1. The molecule has 0 saturated carbocycles. The van der Waals surface area contributed by atoms with Gasteiger partial charge in [0.25, 0.3) is 0 Å². The number of pyridine rings is 1. The van der Waals surface area contributed by atoms with E-state index in [0.717, 1.165) is 20.9 Å². The lowest BCUT2D eigenvalue weighted by Crippen LogP contribution is -2.10. The van der Waals surface area contributed by atoms with Crippen LogP contribution in [0.3, 0.4) is 0 Å². The van der Waals surface area contributed by atoms with Crippen molar-refractivity contribution in [1.29, 1.82) is 0 Å². The molecule has 3 aromatic rings. The van der Waals surface area contributed by atoms with E-state index in [9.17, 15) is 0 Å². The minimum absolute atomic E-state index is 0.188. The third-order valence-corrected chi connectivity index (χ3v) is 4.22. The first kappa shape index (κ1) is 12.3. The minimum atomic E-state index is 0.188. The van der Waals surface area contributed by atoms with E-state index >= 15 is 0 Å². The fourth-order valence-electron chi connectivity index (χ4n) is 2.01. The molecule has 0 amide bonds. The molecule has 0 aliphatic rings. The number of nitrogens with zero attached hydrogens (tertiary/aromatic N) is 2. The third-order valence-electron chi connectivity index (χ3n) is 3.16. The average molecular weight is 268 g/mol. The zero-order valence-corrected chi connectivity index (χ0v) is 12.2. The fraction of sp³-hybridized carbons (Fsp3) is 0.250. The van der Waals surface area contributed by atoms with Gasteiger partial charge in [-0.2, -0.15) is 0 Å². The lowest BCUT2D eigenvalue weighted by molar-refractivity contribution is 0.590. The molecule has 0 unspecified atom stereocenters. The van der Waals surface area contributed by atoms with Crippen molar-refractivity contribution in [2.75, 3.05) is 0 Å². The highest BCUT2D eigenvalue weighted by molar-refractivity contribution is 7.21. The van der Waals surface area contributed by atoms with Gasteiger partial charge in [0, 0.05) is 11.8 Å². The van der Waals surface area contributed by atoms with Gasteiger partial charge in [-0.05, 0) is 23.1 Å². The van der Waals surface area contributed by atoms with E-state index in [1.54, 1.807) is 17.5 Å². The summed E-state index contributed by atoms with van der Waals surface area (Å²) in [5, 5.41) is 1.04. The lowest BCUT2D eigenvalue weighted by atomic mass is 9.87. The van der Waals surface area contributed by atoms with Crippen LogP contribution in [0, 0.1) is 0 Å². The summed E-state index contributed by atoms with van der Waals surface area (Å²) in [6.45, 7) is 6.68. The van der Waals surface area contributed by atoms with Gasteiger partial charge in [0.05, 0.1) is 4.70 Å². The molecule has 19 heavy (non-hydrogen) atoms. The summed E-state index contributed by atoms with van der Waals surface area (Å²) in [6, 6.07) is 12.7. The Labute approximate surface area is 117 Å². The van der Waals surface area contributed by atoms with Gasteiger partial charge in [-0.15, -0.1) is 11.3 Å². The van der Waals surface area contributed by atoms with Crippen LogP contribution in [0.2, 0.25) is 0 Å². The standard InChI is InChI=1S/C16H16N2S/c1-16(2,3)12-8-6-11(7-9-12)15-18-14-13(19-15)5-4-10-17-14/h4-10H,1-3H3. The first-order chi connectivity index (χ1) is 9.04. The van der Waals surface area contributed by atoms with Crippen molar-refractivity contribution in [3.05, 3.63) is 48.2 Å². The molecule has 0 atom stereocenters. The molecular weight excluding hydrogens is 252 g/mol. The van der Waals surface area contributed by atoms with Crippen molar-refractivity contribution in [2.45, 2.75) is 26.2 Å². The first-order valence-corrected chi connectivity index (χ1v) is 7.18. The SMILES string of the molecule is CC(C)(C)c1ccc(-c2nc3ncccc3s2)cc1. The third kappa shape index (κ3) is 2.38. The minimum Gasteiger partial charge on any atom is -0.236 e. The maximum atomic E-state index is 4.58. The van der Waals surface area contributed by atoms with Gasteiger partial charge in [-0.1, -0.05) is 45.0 Å². The molecular formula is C16H16N2S. The predicted octanol–water partition coefficient (Wildman–Crippen LogP) is 4.66. The summed E-state index contributed by atoms with van der Waals surface area (Å²) in [5.74, 6) is 0. The van der Waals surface area contributed by atoms with Crippen LogP contribution in [-0.4, -0.2) is 9.97 Å². The van der Waals surface area contributed by atoms with E-state index in [-0.39, 0.29) is 5.41 Å². The predicted molar refractivity (Wildman–Crippen MR) is 81.6 cm³/mol. The van der Waals surface area contributed by atoms with E-state index < -0.39 is 0 Å². The average Bonchev–Trinajstić information content (AvgIpc) is 2.81. The van der Waals surface area contributed by atoms with Crippen LogP contribution in [0.15, 0.2) is 42.6 Å². The molecule has 0 bridgehead atoms. The second-order valence-electron chi connectivity index (χ2n) is 5.67. The van der Waals surface area contributed by atoms with Crippen LogP contribution in [0.1, 0.15) is 26.3 Å². The van der Waals surface area contributed by atoms with Gasteiger partial charge in [0.1, 0.15) is 5.01 Å². The zero-order chi connectivity index (χ0) is 13.5. The number of fused-ring (bicyclic) bond motifs is 1. The van der Waals surface area contributed by atoms with Crippen LogP contribution in [-0.2, 0) is 5.41 Å². The number of aromatic nitrogens is 2. The van der Waals surface area contributed by atoms with E-state index in [0.29, 0.717) is 0 Å². The van der Waals surface area contributed by atoms with E-state index in [1.165, 1.54) is 5.56 Å². The summed E-state index contributed by atoms with van der Waals surface area (Å²) in [5.41, 5.74) is 3.53. The molecule has 3 rings (SSSR count). The molecule has 0 fully saturated rings. The Morgan fingerprint density at radius 2 is 1.74 bits per heavy atom. The molecule has 2 aromatic heterocycles. The van der Waals surface area contributed by atoms with Crippen molar-refractivity contribution in [2.24, 2.45) is 0 Å². The molecule has 2 heterocycles. The maximum absolute atomic E-state index is 4.58. The summed E-state index contributed by atoms with van der Waals surface area (Å²) in [7, 11) is 0. The zero-order valence-electron chi connectivity index (χ0n) is 11.3. The lowest BCUT2D eigenvalue weighted by Gasteiger charge is -2.18. The Morgan fingerprint density at radius 3 is 2.37 bits per heavy atom. The summed E-state index contributed by atoms with van der Waals surface area (Å²) in [4.78, 5) is 8.87. The van der Waals surface area contributed by atoms with Crippen molar-refractivity contribution in [3.8, 4) is 10.6 Å². The topological polar surface area (TPSA) is 25.8 Å². The Bertz CT molecular complexity index is 672. The first-order valence-electron chi connectivity index (χ1n) is 6.36. The highest BCUT2D eigenvalue weighted by atomic mass is 32.1. The Balaban J connectivity index is 2.02. The second-order valence-corrected chi connectivity index (χ2v) is 6.70. The highest BCUT2D eigenvalue weighted by Gasteiger charge is 2.14. The van der Waals surface area contributed by atoms with Crippen LogP contribution >= 0.6 is 11.3 Å². The van der Waals surface area contributed by atoms with Gasteiger partial charge < -0.3 is 0 Å². The van der Waals surface area contributed by atoms with Crippen molar-refractivity contribution < 1.29 is 0 Å². The van der Waals surface area contributed by atoms with Crippen LogP contribution in [0.5, 0.6) is 0 Å². The van der Waals surface area contributed by atoms with E-state index in [4.69, 9.17) is 0 Å². The van der Waals surface area contributed by atoms with Gasteiger partial charge in [0.2, 0.25) is 0 Å². The highest BCUT2D eigenvalue weighted by Crippen LogP contribution is 2.30. The smallest absolute Gasteiger partial charge is 0.170 e. The van der Waals surface area contributed by atoms with Crippen molar-refractivity contribution in [1.82, 2.24) is 9.97 Å². The van der Waals surface area contributed by atoms with Crippen LogP contribution in [0.25, 0.3) is 20.9 Å². The molecule has 0 radical (unpaired) electrons. The normalized spacial score (nSPS) is 11.9. The van der Waals surface area contributed by atoms with Crippen LogP contribution < -0.4 is 0 Å². The molecule has 2 nitrogen and oxygen atoms in total. The second kappa shape index (κ2) is 4.42. The molecule has 1 aromatic carbocycles. The Morgan fingerprint density at radius 1 is 1.00 bits per heavy atom. The quantitative estimate of drug-likeness (QED) is 0.641. The number of benzene rings is 1. The van der Waals surface area contributed by atoms with Gasteiger partial charge in [-0.3, -0.25) is 0 Å². The molecule has 3 heteroatoms. The summed E-state index contributed by atoms with van der Waals surface area (Å²) < 4.78 is 1.14. The van der Waals surface area contributed by atoms with E-state index in [2.05, 4.69) is 61.1 Å². The molecule has 0 aliphatic heterocycles. The van der Waals surface area contributed by atoms with Crippen molar-refractivity contribution >= 4 is 21.7 Å². The summed E-state index contributed by atoms with van der Waals surface area (Å²) in [6.07, 6.45) is 1.79. The van der Waals surface area contributed by atoms with E-state index in [1.807, 2.05) is 6.07 Å². The van der Waals surface area contributed by atoms with Gasteiger partial charge >= 0.3 is 0 Å². The maximum Gasteiger partial charge on any atom is 0.170 e. The molecule has 0 aliphatic carbocycles. The monoisotopic (exact) mass is 268 g/mol. The largest absolute Gasteiger partial charge is 0.236 e. The van der Waals surface area contributed by atoms with Gasteiger partial charge in [0.15, 0.2) is 5.65 Å².